The molecule has 0 fully saturated rings. The lowest BCUT2D eigenvalue weighted by Gasteiger charge is -2.38. The molecule has 1 aromatic heterocycles. The van der Waals surface area contributed by atoms with Crippen LogP contribution in [0.5, 0.6) is 5.75 Å². The smallest absolute Gasteiger partial charge is 0.261 e. The van der Waals surface area contributed by atoms with Gasteiger partial charge in [0.1, 0.15) is 12.3 Å². The number of hydrogen-bond acceptors (Lipinski definition) is 4. The van der Waals surface area contributed by atoms with E-state index in [4.69, 9.17) is 4.74 Å². The molecular formula is C31H38N2O3S. The summed E-state index contributed by atoms with van der Waals surface area (Å²) >= 11 is 1.76. The molecule has 1 aliphatic heterocycles. The van der Waals surface area contributed by atoms with Crippen molar-refractivity contribution in [3.05, 3.63) is 87.6 Å². The SMILES string of the molecule is CCC(C)N(CC(=O)N1CCc2sccc2C1c1ccc(C(C)(C)C)cc1)C(=O)COc1ccccc1. The van der Waals surface area contributed by atoms with Crippen LogP contribution in [-0.2, 0) is 21.4 Å². The van der Waals surface area contributed by atoms with Crippen molar-refractivity contribution >= 4 is 23.2 Å². The molecule has 6 heteroatoms. The Labute approximate surface area is 225 Å². The second-order valence-electron chi connectivity index (χ2n) is 10.8. The summed E-state index contributed by atoms with van der Waals surface area (Å²) in [5, 5.41) is 2.12. The van der Waals surface area contributed by atoms with Gasteiger partial charge in [0.2, 0.25) is 5.91 Å². The zero-order chi connectivity index (χ0) is 26.6. The highest BCUT2D eigenvalue weighted by molar-refractivity contribution is 7.10. The van der Waals surface area contributed by atoms with Crippen molar-refractivity contribution in [1.29, 1.82) is 0 Å². The van der Waals surface area contributed by atoms with Crippen LogP contribution in [0.1, 0.15) is 68.6 Å². The number of carbonyl (C=O) groups excluding carboxylic acids is 2. The maximum atomic E-state index is 13.8. The fourth-order valence-corrected chi connectivity index (χ4v) is 5.71. The minimum Gasteiger partial charge on any atom is -0.484 e. The Morgan fingerprint density at radius 3 is 2.43 bits per heavy atom. The van der Waals surface area contributed by atoms with Gasteiger partial charge in [-0.25, -0.2) is 0 Å². The fraction of sp³-hybridized carbons (Fsp3) is 0.419. The zero-order valence-electron chi connectivity index (χ0n) is 22.6. The molecule has 2 atom stereocenters. The third-order valence-electron chi connectivity index (χ3n) is 7.23. The van der Waals surface area contributed by atoms with E-state index in [0.29, 0.717) is 12.3 Å². The first kappa shape index (κ1) is 26.9. The zero-order valence-corrected chi connectivity index (χ0v) is 23.4. The van der Waals surface area contributed by atoms with Gasteiger partial charge in [-0.3, -0.25) is 9.59 Å². The van der Waals surface area contributed by atoms with Crippen LogP contribution in [-0.4, -0.2) is 47.4 Å². The Hall–Kier alpha value is -3.12. The summed E-state index contributed by atoms with van der Waals surface area (Å²) in [7, 11) is 0. The molecule has 0 radical (unpaired) electrons. The first-order chi connectivity index (χ1) is 17.7. The van der Waals surface area contributed by atoms with E-state index in [1.807, 2.05) is 49.1 Å². The largest absolute Gasteiger partial charge is 0.484 e. The Balaban J connectivity index is 1.56. The van der Waals surface area contributed by atoms with Crippen molar-refractivity contribution in [3.63, 3.8) is 0 Å². The highest BCUT2D eigenvalue weighted by atomic mass is 32.1. The Morgan fingerprint density at radius 1 is 1.08 bits per heavy atom. The molecule has 0 spiro atoms. The minimum absolute atomic E-state index is 0.0323. The Kier molecular flexibility index (Phi) is 8.38. The van der Waals surface area contributed by atoms with Crippen molar-refractivity contribution in [1.82, 2.24) is 9.80 Å². The van der Waals surface area contributed by atoms with Gasteiger partial charge in [-0.1, -0.05) is 70.2 Å². The molecular weight excluding hydrogens is 480 g/mol. The lowest BCUT2D eigenvalue weighted by atomic mass is 9.85. The summed E-state index contributed by atoms with van der Waals surface area (Å²) in [6.45, 7) is 11.2. The number of benzene rings is 2. The first-order valence-corrected chi connectivity index (χ1v) is 14.0. The number of rotatable bonds is 8. The predicted octanol–water partition coefficient (Wildman–Crippen LogP) is 6.23. The number of nitrogens with zero attached hydrogens (tertiary/aromatic N) is 2. The quantitative estimate of drug-likeness (QED) is 0.355. The van der Waals surface area contributed by atoms with Gasteiger partial charge in [0.05, 0.1) is 6.04 Å². The molecule has 0 aliphatic carbocycles. The molecule has 5 nitrogen and oxygen atoms in total. The highest BCUT2D eigenvalue weighted by Crippen LogP contribution is 2.38. The molecule has 2 aromatic carbocycles. The fourth-order valence-electron chi connectivity index (χ4n) is 4.80. The third kappa shape index (κ3) is 6.24. The van der Waals surface area contributed by atoms with Gasteiger partial charge in [0, 0.05) is 17.5 Å². The van der Waals surface area contributed by atoms with E-state index in [0.717, 1.165) is 18.4 Å². The topological polar surface area (TPSA) is 49.9 Å². The van der Waals surface area contributed by atoms with Gasteiger partial charge in [-0.2, -0.15) is 0 Å². The molecule has 0 saturated carbocycles. The number of amides is 2. The number of ether oxygens (including phenoxy) is 1. The second kappa shape index (κ2) is 11.5. The number of hydrogen-bond donors (Lipinski definition) is 0. The predicted molar refractivity (Wildman–Crippen MR) is 150 cm³/mol. The van der Waals surface area contributed by atoms with Crippen LogP contribution in [0.2, 0.25) is 0 Å². The number of thiophene rings is 1. The maximum Gasteiger partial charge on any atom is 0.261 e. The van der Waals surface area contributed by atoms with E-state index in [9.17, 15) is 9.59 Å². The van der Waals surface area contributed by atoms with Gasteiger partial charge in [0.25, 0.3) is 5.91 Å². The van der Waals surface area contributed by atoms with Gasteiger partial charge >= 0.3 is 0 Å². The van der Waals surface area contributed by atoms with Crippen LogP contribution in [0.3, 0.4) is 0 Å². The van der Waals surface area contributed by atoms with Crippen molar-refractivity contribution in [2.45, 2.75) is 65.0 Å². The summed E-state index contributed by atoms with van der Waals surface area (Å²) in [6, 6.07) is 19.9. The summed E-state index contributed by atoms with van der Waals surface area (Å²) in [5.41, 5.74) is 3.63. The molecule has 3 aromatic rings. The maximum absolute atomic E-state index is 13.8. The Morgan fingerprint density at radius 2 is 1.78 bits per heavy atom. The van der Waals surface area contributed by atoms with E-state index < -0.39 is 0 Å². The standard InChI is InChI=1S/C31H38N2O3S/c1-6-22(2)33(29(35)21-36-25-10-8-7-9-11-25)20-28(34)32-18-16-27-26(17-19-37-27)30(32)23-12-14-24(15-13-23)31(3,4)5/h7-15,17,19,22,30H,6,16,18,20-21H2,1-5H3. The molecule has 0 saturated heterocycles. The number of fused-ring (bicyclic) bond motifs is 1. The summed E-state index contributed by atoms with van der Waals surface area (Å²) in [5.74, 6) is 0.437. The van der Waals surface area contributed by atoms with Gasteiger partial charge in [0.15, 0.2) is 6.61 Å². The second-order valence-corrected chi connectivity index (χ2v) is 11.8. The van der Waals surface area contributed by atoms with Gasteiger partial charge in [-0.15, -0.1) is 11.3 Å². The molecule has 2 amide bonds. The van der Waals surface area contributed by atoms with Gasteiger partial charge in [-0.05, 0) is 65.4 Å². The summed E-state index contributed by atoms with van der Waals surface area (Å²) in [4.78, 5) is 32.0. The normalized spacial score (nSPS) is 16.1. The molecule has 1 aliphatic rings. The first-order valence-electron chi connectivity index (χ1n) is 13.1. The number of para-hydroxylation sites is 1. The van der Waals surface area contributed by atoms with Crippen molar-refractivity contribution in [2.24, 2.45) is 0 Å². The van der Waals surface area contributed by atoms with E-state index in [1.54, 1.807) is 16.2 Å². The van der Waals surface area contributed by atoms with E-state index in [-0.39, 0.29) is 42.5 Å². The van der Waals surface area contributed by atoms with Gasteiger partial charge < -0.3 is 14.5 Å². The molecule has 0 N–H and O–H groups in total. The van der Waals surface area contributed by atoms with Crippen molar-refractivity contribution in [3.8, 4) is 5.75 Å². The lowest BCUT2D eigenvalue weighted by molar-refractivity contribution is -0.144. The average Bonchev–Trinajstić information content (AvgIpc) is 3.38. The highest BCUT2D eigenvalue weighted by Gasteiger charge is 2.35. The molecule has 0 bridgehead atoms. The molecule has 196 valence electrons. The van der Waals surface area contributed by atoms with Crippen LogP contribution in [0.15, 0.2) is 66.0 Å². The third-order valence-corrected chi connectivity index (χ3v) is 8.23. The summed E-state index contributed by atoms with van der Waals surface area (Å²) < 4.78 is 5.72. The number of carbonyl (C=O) groups is 2. The van der Waals surface area contributed by atoms with E-state index in [1.165, 1.54) is 16.0 Å². The van der Waals surface area contributed by atoms with Crippen LogP contribution in [0, 0.1) is 0 Å². The van der Waals surface area contributed by atoms with Crippen LogP contribution in [0.25, 0.3) is 0 Å². The Bertz CT molecular complexity index is 1200. The van der Waals surface area contributed by atoms with Crippen molar-refractivity contribution in [2.75, 3.05) is 19.7 Å². The molecule has 4 rings (SSSR count). The minimum atomic E-state index is -0.175. The van der Waals surface area contributed by atoms with Crippen molar-refractivity contribution < 1.29 is 14.3 Å². The molecule has 37 heavy (non-hydrogen) atoms. The van der Waals surface area contributed by atoms with Crippen LogP contribution >= 0.6 is 11.3 Å². The van der Waals surface area contributed by atoms with Crippen LogP contribution in [0.4, 0.5) is 0 Å². The summed E-state index contributed by atoms with van der Waals surface area (Å²) in [6.07, 6.45) is 1.60. The average molecular weight is 519 g/mol. The monoisotopic (exact) mass is 518 g/mol. The molecule has 2 heterocycles. The molecule has 2 unspecified atom stereocenters. The van der Waals surface area contributed by atoms with Crippen LogP contribution < -0.4 is 4.74 Å². The lowest BCUT2D eigenvalue weighted by Crippen LogP contribution is -2.50. The van der Waals surface area contributed by atoms with E-state index in [2.05, 4.69) is 56.5 Å². The van der Waals surface area contributed by atoms with E-state index >= 15 is 0 Å².